The van der Waals surface area contributed by atoms with E-state index in [2.05, 4.69) is 50.2 Å². The van der Waals surface area contributed by atoms with E-state index in [9.17, 15) is 4.39 Å². The highest BCUT2D eigenvalue weighted by molar-refractivity contribution is 9.10. The van der Waals surface area contributed by atoms with Gasteiger partial charge in [-0.25, -0.2) is 4.39 Å². The van der Waals surface area contributed by atoms with Crippen LogP contribution in [0.15, 0.2) is 59.2 Å². The molecule has 0 atom stereocenters. The number of fused-ring (bicyclic) bond motifs is 1. The van der Waals surface area contributed by atoms with E-state index in [1.165, 1.54) is 23.0 Å². The number of aromatic nitrogens is 1. The summed E-state index contributed by atoms with van der Waals surface area (Å²) in [4.78, 5) is 0. The lowest BCUT2D eigenvalue weighted by atomic mass is 10.2. The molecule has 4 heteroatoms. The Morgan fingerprint density at radius 2 is 1.85 bits per heavy atom. The number of rotatable bonds is 4. The SMILES string of the molecule is Fc1ccc(NCCn2ccc3ccc(Br)cc32)cc1. The van der Waals surface area contributed by atoms with Gasteiger partial charge in [-0.15, -0.1) is 0 Å². The fourth-order valence-corrected chi connectivity index (χ4v) is 2.59. The molecule has 2 nitrogen and oxygen atoms in total. The Morgan fingerprint density at radius 3 is 2.65 bits per heavy atom. The molecule has 0 aliphatic rings. The van der Waals surface area contributed by atoms with Crippen molar-refractivity contribution in [2.75, 3.05) is 11.9 Å². The molecule has 20 heavy (non-hydrogen) atoms. The number of benzene rings is 2. The quantitative estimate of drug-likeness (QED) is 0.735. The minimum atomic E-state index is -0.211. The van der Waals surface area contributed by atoms with Crippen LogP contribution < -0.4 is 5.32 Å². The molecule has 0 aliphatic heterocycles. The lowest BCUT2D eigenvalue weighted by Crippen LogP contribution is -2.09. The number of nitrogens with one attached hydrogen (secondary N) is 1. The first-order valence-corrected chi connectivity index (χ1v) is 7.25. The Balaban J connectivity index is 1.68. The summed E-state index contributed by atoms with van der Waals surface area (Å²) >= 11 is 3.50. The van der Waals surface area contributed by atoms with Crippen LogP contribution in [0, 0.1) is 5.82 Å². The highest BCUT2D eigenvalue weighted by Gasteiger charge is 2.01. The van der Waals surface area contributed by atoms with Gasteiger partial charge in [0.1, 0.15) is 5.82 Å². The van der Waals surface area contributed by atoms with Crippen molar-refractivity contribution in [2.45, 2.75) is 6.54 Å². The van der Waals surface area contributed by atoms with Gasteiger partial charge < -0.3 is 9.88 Å². The Morgan fingerprint density at radius 1 is 1.05 bits per heavy atom. The maximum absolute atomic E-state index is 12.8. The second kappa shape index (κ2) is 5.67. The van der Waals surface area contributed by atoms with Gasteiger partial charge >= 0.3 is 0 Å². The van der Waals surface area contributed by atoms with Crippen LogP contribution in [0.4, 0.5) is 10.1 Å². The molecule has 0 saturated heterocycles. The van der Waals surface area contributed by atoms with E-state index in [0.29, 0.717) is 0 Å². The van der Waals surface area contributed by atoms with Crippen molar-refractivity contribution in [3.8, 4) is 0 Å². The Bertz CT molecular complexity index is 719. The van der Waals surface area contributed by atoms with E-state index >= 15 is 0 Å². The summed E-state index contributed by atoms with van der Waals surface area (Å²) in [5.41, 5.74) is 2.14. The van der Waals surface area contributed by atoms with Crippen molar-refractivity contribution < 1.29 is 4.39 Å². The van der Waals surface area contributed by atoms with Crippen LogP contribution in [0.3, 0.4) is 0 Å². The lowest BCUT2D eigenvalue weighted by Gasteiger charge is -2.08. The molecule has 2 aromatic carbocycles. The molecule has 1 aromatic heterocycles. The van der Waals surface area contributed by atoms with Crippen LogP contribution in [0.25, 0.3) is 10.9 Å². The van der Waals surface area contributed by atoms with Gasteiger partial charge in [0.05, 0.1) is 0 Å². The van der Waals surface area contributed by atoms with Crippen LogP contribution in [0.2, 0.25) is 0 Å². The molecule has 102 valence electrons. The molecular formula is C16H14BrFN2. The van der Waals surface area contributed by atoms with Crippen molar-refractivity contribution in [1.29, 1.82) is 0 Å². The van der Waals surface area contributed by atoms with Gasteiger partial charge in [-0.1, -0.05) is 22.0 Å². The minimum absolute atomic E-state index is 0.211. The first kappa shape index (κ1) is 13.2. The molecule has 0 radical (unpaired) electrons. The predicted molar refractivity (Wildman–Crippen MR) is 84.5 cm³/mol. The van der Waals surface area contributed by atoms with Crippen molar-refractivity contribution >= 4 is 32.5 Å². The van der Waals surface area contributed by atoms with Gasteiger partial charge in [-0.2, -0.15) is 0 Å². The van der Waals surface area contributed by atoms with E-state index in [1.54, 1.807) is 12.1 Å². The molecule has 0 amide bonds. The van der Waals surface area contributed by atoms with E-state index in [0.717, 1.165) is 23.2 Å². The second-order valence-electron chi connectivity index (χ2n) is 4.65. The van der Waals surface area contributed by atoms with Crippen molar-refractivity contribution in [2.24, 2.45) is 0 Å². The molecule has 0 aliphatic carbocycles. The maximum Gasteiger partial charge on any atom is 0.123 e. The number of halogens is 2. The van der Waals surface area contributed by atoms with Crippen LogP contribution >= 0.6 is 15.9 Å². The number of hydrogen-bond donors (Lipinski definition) is 1. The van der Waals surface area contributed by atoms with Gasteiger partial charge in [0.2, 0.25) is 0 Å². The van der Waals surface area contributed by atoms with Crippen LogP contribution in [0.1, 0.15) is 0 Å². The predicted octanol–water partition coefficient (Wildman–Crippen LogP) is 4.66. The zero-order chi connectivity index (χ0) is 13.9. The van der Waals surface area contributed by atoms with Gasteiger partial charge in [0.25, 0.3) is 0 Å². The van der Waals surface area contributed by atoms with Gasteiger partial charge in [0, 0.05) is 35.0 Å². The normalized spacial score (nSPS) is 10.9. The first-order chi connectivity index (χ1) is 9.72. The average Bonchev–Trinajstić information content (AvgIpc) is 2.84. The lowest BCUT2D eigenvalue weighted by molar-refractivity contribution is 0.628. The fraction of sp³-hybridized carbons (Fsp3) is 0.125. The molecule has 0 spiro atoms. The summed E-state index contributed by atoms with van der Waals surface area (Å²) in [6, 6.07) is 14.8. The summed E-state index contributed by atoms with van der Waals surface area (Å²) in [6.45, 7) is 1.65. The van der Waals surface area contributed by atoms with Crippen LogP contribution in [-0.2, 0) is 6.54 Å². The van der Waals surface area contributed by atoms with Gasteiger partial charge in [-0.05, 0) is 47.9 Å². The molecule has 3 rings (SSSR count). The van der Waals surface area contributed by atoms with E-state index in [1.807, 2.05) is 6.07 Å². The zero-order valence-corrected chi connectivity index (χ0v) is 12.4. The second-order valence-corrected chi connectivity index (χ2v) is 5.56. The van der Waals surface area contributed by atoms with Gasteiger partial charge in [0.15, 0.2) is 0 Å². The van der Waals surface area contributed by atoms with Gasteiger partial charge in [-0.3, -0.25) is 0 Å². The molecule has 0 unspecified atom stereocenters. The molecule has 0 bridgehead atoms. The minimum Gasteiger partial charge on any atom is -0.383 e. The number of hydrogen-bond acceptors (Lipinski definition) is 1. The van der Waals surface area contributed by atoms with E-state index in [4.69, 9.17) is 0 Å². The third-order valence-electron chi connectivity index (χ3n) is 3.26. The molecule has 0 fully saturated rings. The largest absolute Gasteiger partial charge is 0.383 e. The highest BCUT2D eigenvalue weighted by atomic mass is 79.9. The summed E-state index contributed by atoms with van der Waals surface area (Å²) in [6.07, 6.45) is 2.09. The molecule has 1 N–H and O–H groups in total. The standard InChI is InChI=1S/C16H14BrFN2/c17-13-2-1-12-7-9-20(16(12)11-13)10-8-19-15-5-3-14(18)4-6-15/h1-7,9,11,19H,8,10H2. The molecule has 0 saturated carbocycles. The Kier molecular flexibility index (Phi) is 3.74. The smallest absolute Gasteiger partial charge is 0.123 e. The summed E-state index contributed by atoms with van der Waals surface area (Å²) in [5, 5.41) is 4.52. The summed E-state index contributed by atoms with van der Waals surface area (Å²) in [7, 11) is 0. The molecule has 1 heterocycles. The highest BCUT2D eigenvalue weighted by Crippen LogP contribution is 2.20. The third kappa shape index (κ3) is 2.85. The van der Waals surface area contributed by atoms with E-state index in [-0.39, 0.29) is 5.82 Å². The zero-order valence-electron chi connectivity index (χ0n) is 10.8. The maximum atomic E-state index is 12.8. The average molecular weight is 333 g/mol. The van der Waals surface area contributed by atoms with E-state index < -0.39 is 0 Å². The molecule has 3 aromatic rings. The summed E-state index contributed by atoms with van der Waals surface area (Å²) in [5.74, 6) is -0.211. The number of nitrogens with zero attached hydrogens (tertiary/aromatic N) is 1. The Labute approximate surface area is 125 Å². The fourth-order valence-electron chi connectivity index (χ4n) is 2.24. The van der Waals surface area contributed by atoms with Crippen molar-refractivity contribution in [3.63, 3.8) is 0 Å². The summed E-state index contributed by atoms with van der Waals surface area (Å²) < 4.78 is 16.1. The third-order valence-corrected chi connectivity index (χ3v) is 3.76. The number of anilines is 1. The van der Waals surface area contributed by atoms with Crippen molar-refractivity contribution in [1.82, 2.24) is 4.57 Å². The Hall–Kier alpha value is -1.81. The van der Waals surface area contributed by atoms with Crippen LogP contribution in [-0.4, -0.2) is 11.1 Å². The molecular weight excluding hydrogens is 319 g/mol. The van der Waals surface area contributed by atoms with Crippen LogP contribution in [0.5, 0.6) is 0 Å². The van der Waals surface area contributed by atoms with Crippen molar-refractivity contribution in [3.05, 3.63) is 65.0 Å². The first-order valence-electron chi connectivity index (χ1n) is 6.46. The monoisotopic (exact) mass is 332 g/mol. The topological polar surface area (TPSA) is 17.0 Å².